The van der Waals surface area contributed by atoms with Gasteiger partial charge in [-0.05, 0) is 29.8 Å². The molecular weight excluding hydrogens is 269 g/mol. The van der Waals surface area contributed by atoms with E-state index >= 15 is 0 Å². The van der Waals surface area contributed by atoms with Crippen molar-refractivity contribution in [3.63, 3.8) is 0 Å². The average molecular weight is 281 g/mol. The van der Waals surface area contributed by atoms with Gasteiger partial charge in [0.2, 0.25) is 0 Å². The molecule has 0 atom stereocenters. The monoisotopic (exact) mass is 281 g/mol. The lowest BCUT2D eigenvalue weighted by Gasteiger charge is -2.12. The number of anilines is 2. The molecule has 3 heterocycles. The fourth-order valence-electron chi connectivity index (χ4n) is 2.07. The van der Waals surface area contributed by atoms with E-state index in [0.29, 0.717) is 22.5 Å². The Kier molecular flexibility index (Phi) is 3.19. The van der Waals surface area contributed by atoms with Gasteiger partial charge in [0.05, 0.1) is 17.6 Å². The smallest absolute Gasteiger partial charge is 0.150 e. The van der Waals surface area contributed by atoms with Gasteiger partial charge in [-0.3, -0.25) is 9.97 Å². The number of nitrogens with zero attached hydrogens (tertiary/aromatic N) is 3. The number of pyridine rings is 3. The van der Waals surface area contributed by atoms with Crippen molar-refractivity contribution in [3.05, 3.63) is 54.9 Å². The summed E-state index contributed by atoms with van der Waals surface area (Å²) in [5.74, 6) is -0.302. The largest absolute Gasteiger partial charge is 0.396 e. The van der Waals surface area contributed by atoms with Crippen molar-refractivity contribution in [3.8, 4) is 22.4 Å². The van der Waals surface area contributed by atoms with Crippen LogP contribution in [-0.2, 0) is 0 Å². The Morgan fingerprint density at radius 3 is 2.33 bits per heavy atom. The second kappa shape index (κ2) is 5.16. The fourth-order valence-corrected chi connectivity index (χ4v) is 2.07. The molecule has 0 saturated heterocycles. The Bertz CT molecular complexity index is 789. The molecule has 0 spiro atoms. The minimum Gasteiger partial charge on any atom is -0.396 e. The summed E-state index contributed by atoms with van der Waals surface area (Å²) in [5, 5.41) is 0. The van der Waals surface area contributed by atoms with E-state index in [-0.39, 0.29) is 5.82 Å². The maximum absolute atomic E-state index is 14.0. The molecule has 0 aliphatic carbocycles. The van der Waals surface area contributed by atoms with Gasteiger partial charge in [-0.25, -0.2) is 9.37 Å². The highest BCUT2D eigenvalue weighted by molar-refractivity contribution is 5.85. The Hall–Kier alpha value is -3.02. The molecule has 21 heavy (non-hydrogen) atoms. The molecule has 0 aliphatic rings. The molecule has 0 aromatic carbocycles. The summed E-state index contributed by atoms with van der Waals surface area (Å²) in [4.78, 5) is 12.0. The van der Waals surface area contributed by atoms with Crippen LogP contribution in [0, 0.1) is 5.82 Å². The first kappa shape index (κ1) is 13.0. The van der Waals surface area contributed by atoms with Crippen LogP contribution in [0.25, 0.3) is 22.4 Å². The molecule has 0 bridgehead atoms. The number of halogens is 1. The maximum Gasteiger partial charge on any atom is 0.150 e. The third kappa shape index (κ3) is 2.38. The number of hydrogen-bond acceptors (Lipinski definition) is 5. The summed E-state index contributed by atoms with van der Waals surface area (Å²) >= 11 is 0. The first-order valence-electron chi connectivity index (χ1n) is 6.23. The van der Waals surface area contributed by atoms with Gasteiger partial charge in [-0.1, -0.05) is 0 Å². The Morgan fingerprint density at radius 1 is 0.905 bits per heavy atom. The third-order valence-electron chi connectivity index (χ3n) is 3.10. The van der Waals surface area contributed by atoms with Crippen LogP contribution in [0.3, 0.4) is 0 Å². The second-order valence-electron chi connectivity index (χ2n) is 4.45. The third-order valence-corrected chi connectivity index (χ3v) is 3.10. The number of aromatic nitrogens is 3. The molecule has 0 fully saturated rings. The van der Waals surface area contributed by atoms with Crippen LogP contribution < -0.4 is 11.5 Å². The normalized spacial score (nSPS) is 10.5. The lowest BCUT2D eigenvalue weighted by Crippen LogP contribution is -2.02. The van der Waals surface area contributed by atoms with Crippen molar-refractivity contribution in [2.24, 2.45) is 0 Å². The fraction of sp³-hybridized carbons (Fsp3) is 0. The zero-order valence-corrected chi connectivity index (χ0v) is 11.0. The summed E-state index contributed by atoms with van der Waals surface area (Å²) < 4.78 is 14.0. The van der Waals surface area contributed by atoms with E-state index in [2.05, 4.69) is 15.0 Å². The predicted octanol–water partition coefficient (Wildman–Crippen LogP) is 2.51. The van der Waals surface area contributed by atoms with Crippen molar-refractivity contribution in [1.29, 1.82) is 0 Å². The molecule has 0 amide bonds. The lowest BCUT2D eigenvalue weighted by atomic mass is 10.00. The van der Waals surface area contributed by atoms with Crippen molar-refractivity contribution < 1.29 is 4.39 Å². The Morgan fingerprint density at radius 2 is 1.62 bits per heavy atom. The molecule has 104 valence electrons. The molecule has 0 aliphatic heterocycles. The first-order chi connectivity index (χ1) is 10.2. The van der Waals surface area contributed by atoms with E-state index < -0.39 is 5.82 Å². The van der Waals surface area contributed by atoms with Crippen LogP contribution in [0.4, 0.5) is 15.9 Å². The number of rotatable bonds is 2. The van der Waals surface area contributed by atoms with E-state index in [9.17, 15) is 4.39 Å². The Balaban J connectivity index is 2.30. The zero-order chi connectivity index (χ0) is 14.8. The quantitative estimate of drug-likeness (QED) is 0.753. The molecule has 6 heteroatoms. The standard InChI is InChI=1S/C15H12FN5/c16-12-8-20-6-3-10(12)14-11(7-13(17)15(18)21-14)9-1-4-19-5-2-9/h1-8H,17H2,(H2,18,21). The molecule has 3 aromatic rings. The van der Waals surface area contributed by atoms with Gasteiger partial charge in [-0.15, -0.1) is 0 Å². The molecular formula is C15H12FN5. The van der Waals surface area contributed by atoms with Gasteiger partial charge in [0.15, 0.2) is 5.82 Å². The van der Waals surface area contributed by atoms with Crippen LogP contribution in [0.1, 0.15) is 0 Å². The second-order valence-corrected chi connectivity index (χ2v) is 4.45. The zero-order valence-electron chi connectivity index (χ0n) is 11.0. The summed E-state index contributed by atoms with van der Waals surface area (Å²) in [6.45, 7) is 0. The lowest BCUT2D eigenvalue weighted by molar-refractivity contribution is 0.624. The number of nitrogens with two attached hydrogens (primary N) is 2. The van der Waals surface area contributed by atoms with Gasteiger partial charge in [0.25, 0.3) is 0 Å². The average Bonchev–Trinajstić information content (AvgIpc) is 2.51. The van der Waals surface area contributed by atoms with Crippen LogP contribution in [-0.4, -0.2) is 15.0 Å². The summed E-state index contributed by atoms with van der Waals surface area (Å²) in [7, 11) is 0. The van der Waals surface area contributed by atoms with Gasteiger partial charge >= 0.3 is 0 Å². The summed E-state index contributed by atoms with van der Waals surface area (Å²) in [5.41, 5.74) is 14.2. The van der Waals surface area contributed by atoms with Crippen LogP contribution in [0.5, 0.6) is 0 Å². The van der Waals surface area contributed by atoms with Crippen molar-refractivity contribution >= 4 is 11.5 Å². The summed E-state index contributed by atoms with van der Waals surface area (Å²) in [6, 6.07) is 6.84. The van der Waals surface area contributed by atoms with Gasteiger partial charge in [0.1, 0.15) is 5.82 Å². The van der Waals surface area contributed by atoms with Gasteiger partial charge in [0, 0.05) is 29.7 Å². The van der Waals surface area contributed by atoms with Crippen LogP contribution >= 0.6 is 0 Å². The van der Waals surface area contributed by atoms with Crippen molar-refractivity contribution in [1.82, 2.24) is 15.0 Å². The number of hydrogen-bond donors (Lipinski definition) is 2. The van der Waals surface area contributed by atoms with E-state index in [1.165, 1.54) is 6.20 Å². The van der Waals surface area contributed by atoms with E-state index in [0.717, 1.165) is 11.8 Å². The first-order valence-corrected chi connectivity index (χ1v) is 6.23. The van der Waals surface area contributed by atoms with E-state index in [1.807, 2.05) is 0 Å². The highest BCUT2D eigenvalue weighted by atomic mass is 19.1. The number of nitrogen functional groups attached to an aromatic ring is 2. The molecule has 4 N–H and O–H groups in total. The van der Waals surface area contributed by atoms with E-state index in [4.69, 9.17) is 11.5 Å². The molecule has 5 nitrogen and oxygen atoms in total. The summed E-state index contributed by atoms with van der Waals surface area (Å²) in [6.07, 6.45) is 5.94. The Labute approximate surface area is 120 Å². The molecule has 0 unspecified atom stereocenters. The molecule has 3 rings (SSSR count). The molecule has 0 radical (unpaired) electrons. The van der Waals surface area contributed by atoms with Crippen LogP contribution in [0.2, 0.25) is 0 Å². The van der Waals surface area contributed by atoms with Gasteiger partial charge in [-0.2, -0.15) is 0 Å². The van der Waals surface area contributed by atoms with Crippen LogP contribution in [0.15, 0.2) is 49.1 Å². The van der Waals surface area contributed by atoms with E-state index in [1.54, 1.807) is 36.7 Å². The van der Waals surface area contributed by atoms with Crippen molar-refractivity contribution in [2.45, 2.75) is 0 Å². The topological polar surface area (TPSA) is 90.7 Å². The highest BCUT2D eigenvalue weighted by Crippen LogP contribution is 2.34. The van der Waals surface area contributed by atoms with Crippen molar-refractivity contribution in [2.75, 3.05) is 11.5 Å². The molecule has 3 aromatic heterocycles. The maximum atomic E-state index is 14.0. The molecule has 0 saturated carbocycles. The highest BCUT2D eigenvalue weighted by Gasteiger charge is 2.15. The SMILES string of the molecule is Nc1cc(-c2ccncc2)c(-c2ccncc2F)nc1N. The predicted molar refractivity (Wildman–Crippen MR) is 79.5 cm³/mol. The minimum absolute atomic E-state index is 0.166. The van der Waals surface area contributed by atoms with Gasteiger partial charge < -0.3 is 11.5 Å². The minimum atomic E-state index is -0.468.